The summed E-state index contributed by atoms with van der Waals surface area (Å²) in [5, 5.41) is 0. The van der Waals surface area contributed by atoms with Crippen LogP contribution in [0.2, 0.25) is 0 Å². The van der Waals surface area contributed by atoms with E-state index in [0.29, 0.717) is 0 Å². The Morgan fingerprint density at radius 3 is 2.54 bits per heavy atom. The number of hydrogen-bond donors (Lipinski definition) is 0. The lowest BCUT2D eigenvalue weighted by molar-refractivity contribution is 0.122. The van der Waals surface area contributed by atoms with Gasteiger partial charge in [0, 0.05) is 52.0 Å². The summed E-state index contributed by atoms with van der Waals surface area (Å²) in [4.78, 5) is 16.0. The van der Waals surface area contributed by atoms with Gasteiger partial charge in [-0.25, -0.2) is 9.37 Å². The van der Waals surface area contributed by atoms with Gasteiger partial charge in [-0.15, -0.1) is 0 Å². The van der Waals surface area contributed by atoms with E-state index in [-0.39, 0.29) is 5.82 Å². The molecule has 3 heterocycles. The average molecular weight is 357 g/mol. The molecule has 2 aromatic rings. The molecule has 0 spiro atoms. The van der Waals surface area contributed by atoms with Crippen LogP contribution >= 0.6 is 0 Å². The van der Waals surface area contributed by atoms with Gasteiger partial charge < -0.3 is 14.5 Å². The SMILES string of the molecule is Fc1cccc(CN2CCN(c3ccnc(N4CCOCC4)n3)CC2)c1. The largest absolute Gasteiger partial charge is 0.378 e. The summed E-state index contributed by atoms with van der Waals surface area (Å²) in [6.07, 6.45) is 1.84. The van der Waals surface area contributed by atoms with Crippen LogP contribution in [0.3, 0.4) is 0 Å². The summed E-state index contributed by atoms with van der Waals surface area (Å²) in [6.45, 7) is 7.62. The zero-order valence-corrected chi connectivity index (χ0v) is 14.9. The van der Waals surface area contributed by atoms with Crippen molar-refractivity contribution < 1.29 is 9.13 Å². The molecule has 2 aliphatic rings. The Hall–Kier alpha value is -2.25. The molecular weight excluding hydrogens is 333 g/mol. The van der Waals surface area contributed by atoms with Crippen LogP contribution in [-0.2, 0) is 11.3 Å². The number of piperazine rings is 1. The van der Waals surface area contributed by atoms with Crippen LogP contribution in [0, 0.1) is 5.82 Å². The van der Waals surface area contributed by atoms with E-state index in [0.717, 1.165) is 76.4 Å². The number of hydrogen-bond acceptors (Lipinski definition) is 6. The van der Waals surface area contributed by atoms with E-state index < -0.39 is 0 Å². The van der Waals surface area contributed by atoms with Crippen molar-refractivity contribution in [3.05, 3.63) is 47.9 Å². The van der Waals surface area contributed by atoms with Crippen LogP contribution in [0.4, 0.5) is 16.2 Å². The number of anilines is 2. The van der Waals surface area contributed by atoms with Gasteiger partial charge in [-0.05, 0) is 23.8 Å². The van der Waals surface area contributed by atoms with Crippen molar-refractivity contribution in [2.24, 2.45) is 0 Å². The van der Waals surface area contributed by atoms with E-state index in [2.05, 4.69) is 19.7 Å². The number of halogens is 1. The first-order valence-electron chi connectivity index (χ1n) is 9.15. The number of aromatic nitrogens is 2. The molecule has 0 radical (unpaired) electrons. The maximum Gasteiger partial charge on any atom is 0.227 e. The number of benzene rings is 1. The molecule has 0 bridgehead atoms. The molecule has 2 saturated heterocycles. The number of ether oxygens (including phenoxy) is 1. The lowest BCUT2D eigenvalue weighted by atomic mass is 10.2. The summed E-state index contributed by atoms with van der Waals surface area (Å²) in [7, 11) is 0. The molecule has 0 aliphatic carbocycles. The molecule has 1 aromatic heterocycles. The van der Waals surface area contributed by atoms with E-state index in [1.54, 1.807) is 12.1 Å². The molecule has 4 rings (SSSR count). The quantitative estimate of drug-likeness (QED) is 0.831. The molecule has 0 unspecified atom stereocenters. The molecular formula is C19H24FN5O. The van der Waals surface area contributed by atoms with Crippen LogP contribution in [0.5, 0.6) is 0 Å². The molecule has 0 amide bonds. The third-order valence-electron chi connectivity index (χ3n) is 4.91. The number of morpholine rings is 1. The molecule has 0 saturated carbocycles. The Labute approximate surface area is 153 Å². The van der Waals surface area contributed by atoms with Crippen LogP contribution in [0.1, 0.15) is 5.56 Å². The first kappa shape index (κ1) is 17.2. The summed E-state index contributed by atoms with van der Waals surface area (Å²) in [5.41, 5.74) is 1.02. The molecule has 0 N–H and O–H groups in total. The van der Waals surface area contributed by atoms with Gasteiger partial charge in [0.2, 0.25) is 5.95 Å². The summed E-state index contributed by atoms with van der Waals surface area (Å²) < 4.78 is 18.7. The fraction of sp³-hybridized carbons (Fsp3) is 0.474. The summed E-state index contributed by atoms with van der Waals surface area (Å²) >= 11 is 0. The second kappa shape index (κ2) is 7.97. The second-order valence-electron chi connectivity index (χ2n) is 6.71. The Morgan fingerprint density at radius 1 is 0.962 bits per heavy atom. The fourth-order valence-electron chi connectivity index (χ4n) is 3.46. The van der Waals surface area contributed by atoms with Gasteiger partial charge in [0.1, 0.15) is 11.6 Å². The normalized spacial score (nSPS) is 19.0. The van der Waals surface area contributed by atoms with Gasteiger partial charge >= 0.3 is 0 Å². The third kappa shape index (κ3) is 4.11. The van der Waals surface area contributed by atoms with Crippen molar-refractivity contribution in [2.45, 2.75) is 6.54 Å². The fourth-order valence-corrected chi connectivity index (χ4v) is 3.46. The average Bonchev–Trinajstić information content (AvgIpc) is 2.69. The van der Waals surface area contributed by atoms with Gasteiger partial charge in [-0.1, -0.05) is 12.1 Å². The zero-order chi connectivity index (χ0) is 17.8. The van der Waals surface area contributed by atoms with E-state index in [1.165, 1.54) is 6.07 Å². The van der Waals surface area contributed by atoms with Crippen molar-refractivity contribution in [2.75, 3.05) is 62.3 Å². The highest BCUT2D eigenvalue weighted by Gasteiger charge is 2.20. The highest BCUT2D eigenvalue weighted by Crippen LogP contribution is 2.18. The third-order valence-corrected chi connectivity index (χ3v) is 4.91. The van der Waals surface area contributed by atoms with Crippen LogP contribution < -0.4 is 9.80 Å². The molecule has 1 aromatic carbocycles. The van der Waals surface area contributed by atoms with Crippen molar-refractivity contribution in [3.63, 3.8) is 0 Å². The van der Waals surface area contributed by atoms with E-state index >= 15 is 0 Å². The highest BCUT2D eigenvalue weighted by atomic mass is 19.1. The Morgan fingerprint density at radius 2 is 1.77 bits per heavy atom. The minimum Gasteiger partial charge on any atom is -0.378 e. The monoisotopic (exact) mass is 357 g/mol. The van der Waals surface area contributed by atoms with Gasteiger partial charge in [0.25, 0.3) is 0 Å². The minimum atomic E-state index is -0.169. The van der Waals surface area contributed by atoms with Gasteiger partial charge in [0.15, 0.2) is 0 Å². The van der Waals surface area contributed by atoms with Gasteiger partial charge in [-0.3, -0.25) is 4.90 Å². The predicted octanol–water partition coefficient (Wildman–Crippen LogP) is 1.77. The molecule has 26 heavy (non-hydrogen) atoms. The van der Waals surface area contributed by atoms with Crippen molar-refractivity contribution in [1.29, 1.82) is 0 Å². The van der Waals surface area contributed by atoms with Gasteiger partial charge in [0.05, 0.1) is 13.2 Å². The summed E-state index contributed by atoms with van der Waals surface area (Å²) in [5.74, 6) is 1.60. The Kier molecular flexibility index (Phi) is 5.26. The smallest absolute Gasteiger partial charge is 0.227 e. The molecule has 6 nitrogen and oxygen atoms in total. The zero-order valence-electron chi connectivity index (χ0n) is 14.9. The molecule has 2 fully saturated rings. The second-order valence-corrected chi connectivity index (χ2v) is 6.71. The van der Waals surface area contributed by atoms with E-state index in [4.69, 9.17) is 9.72 Å². The highest BCUT2D eigenvalue weighted by molar-refractivity contribution is 5.44. The van der Waals surface area contributed by atoms with E-state index in [1.807, 2.05) is 18.3 Å². The first-order valence-corrected chi connectivity index (χ1v) is 9.15. The molecule has 7 heteroatoms. The summed E-state index contributed by atoms with van der Waals surface area (Å²) in [6, 6.07) is 8.84. The molecule has 138 valence electrons. The van der Waals surface area contributed by atoms with Crippen LogP contribution in [0.25, 0.3) is 0 Å². The Bertz CT molecular complexity index is 729. The topological polar surface area (TPSA) is 44.7 Å². The molecule has 0 atom stereocenters. The van der Waals surface area contributed by atoms with Crippen LogP contribution in [0.15, 0.2) is 36.5 Å². The van der Waals surface area contributed by atoms with Crippen molar-refractivity contribution in [3.8, 4) is 0 Å². The van der Waals surface area contributed by atoms with Crippen molar-refractivity contribution in [1.82, 2.24) is 14.9 Å². The molecule has 2 aliphatic heterocycles. The number of rotatable bonds is 4. The van der Waals surface area contributed by atoms with E-state index in [9.17, 15) is 4.39 Å². The predicted molar refractivity (Wildman–Crippen MR) is 99.0 cm³/mol. The lowest BCUT2D eigenvalue weighted by Gasteiger charge is -2.36. The first-order chi connectivity index (χ1) is 12.8. The van der Waals surface area contributed by atoms with Gasteiger partial charge in [-0.2, -0.15) is 4.98 Å². The standard InChI is InChI=1S/C19H24FN5O/c20-17-3-1-2-16(14-17)15-23-6-8-24(9-7-23)18-4-5-21-19(22-18)25-10-12-26-13-11-25/h1-5,14H,6-13,15H2. The maximum atomic E-state index is 13.3. The van der Waals surface area contributed by atoms with Crippen LogP contribution in [-0.4, -0.2) is 67.4 Å². The maximum absolute atomic E-state index is 13.3. The lowest BCUT2D eigenvalue weighted by Crippen LogP contribution is -2.46. The minimum absolute atomic E-state index is 0.169. The number of nitrogens with zero attached hydrogens (tertiary/aromatic N) is 5. The Balaban J connectivity index is 1.35. The van der Waals surface area contributed by atoms with Crippen molar-refractivity contribution >= 4 is 11.8 Å².